The maximum absolute atomic E-state index is 11.2. The zero-order chi connectivity index (χ0) is 10.0. The first-order chi connectivity index (χ1) is 6.06. The van der Waals surface area contributed by atoms with Crippen molar-refractivity contribution in [3.8, 4) is 0 Å². The number of esters is 1. The lowest BCUT2D eigenvalue weighted by Gasteiger charge is -2.05. The molecule has 0 unspecified atom stereocenters. The first-order valence-electron chi connectivity index (χ1n) is 3.39. The molecular formula is C8H7ClINO2. The van der Waals surface area contributed by atoms with Crippen molar-refractivity contribution in [3.63, 3.8) is 0 Å². The monoisotopic (exact) mass is 311 g/mol. The van der Waals surface area contributed by atoms with Crippen LogP contribution in [0.15, 0.2) is 12.1 Å². The highest BCUT2D eigenvalue weighted by Crippen LogP contribution is 2.26. The number of rotatable bonds is 1. The van der Waals surface area contributed by atoms with Gasteiger partial charge in [0.05, 0.1) is 23.4 Å². The number of hydrogen-bond donors (Lipinski definition) is 1. The van der Waals surface area contributed by atoms with Crippen LogP contribution in [0.4, 0.5) is 5.69 Å². The molecule has 0 heterocycles. The van der Waals surface area contributed by atoms with Gasteiger partial charge in [-0.2, -0.15) is 0 Å². The minimum absolute atomic E-state index is 0.243. The molecule has 3 nitrogen and oxygen atoms in total. The van der Waals surface area contributed by atoms with E-state index in [0.717, 1.165) is 3.57 Å². The zero-order valence-corrected chi connectivity index (χ0v) is 9.72. The maximum atomic E-state index is 11.2. The summed E-state index contributed by atoms with van der Waals surface area (Å²) in [6, 6.07) is 3.32. The molecule has 1 aromatic carbocycles. The zero-order valence-electron chi connectivity index (χ0n) is 6.80. The Kier molecular flexibility index (Phi) is 3.38. The van der Waals surface area contributed by atoms with Crippen LogP contribution in [-0.4, -0.2) is 13.1 Å². The summed E-state index contributed by atoms with van der Waals surface area (Å²) in [7, 11) is 1.30. The number of carbonyl (C=O) groups is 1. The molecule has 0 aliphatic carbocycles. The number of nitrogens with two attached hydrogens (primary N) is 1. The Balaban J connectivity index is 3.28. The highest BCUT2D eigenvalue weighted by atomic mass is 127. The van der Waals surface area contributed by atoms with E-state index in [0.29, 0.717) is 11.3 Å². The first-order valence-corrected chi connectivity index (χ1v) is 4.84. The van der Waals surface area contributed by atoms with Crippen molar-refractivity contribution in [3.05, 3.63) is 26.3 Å². The number of hydrogen-bond acceptors (Lipinski definition) is 3. The minimum Gasteiger partial charge on any atom is -0.465 e. The summed E-state index contributed by atoms with van der Waals surface area (Å²) in [5.41, 5.74) is 6.25. The second kappa shape index (κ2) is 4.15. The van der Waals surface area contributed by atoms with Gasteiger partial charge in [-0.25, -0.2) is 4.79 Å². The third-order valence-electron chi connectivity index (χ3n) is 1.47. The number of anilines is 1. The summed E-state index contributed by atoms with van der Waals surface area (Å²) >= 11 is 7.86. The molecule has 13 heavy (non-hydrogen) atoms. The largest absolute Gasteiger partial charge is 0.465 e. The second-order valence-corrected chi connectivity index (χ2v) is 3.97. The number of halogens is 2. The van der Waals surface area contributed by atoms with Crippen LogP contribution in [0.5, 0.6) is 0 Å². The van der Waals surface area contributed by atoms with Gasteiger partial charge in [0, 0.05) is 3.57 Å². The van der Waals surface area contributed by atoms with E-state index in [1.807, 2.05) is 0 Å². The van der Waals surface area contributed by atoms with Gasteiger partial charge >= 0.3 is 5.97 Å². The van der Waals surface area contributed by atoms with Crippen LogP contribution < -0.4 is 5.73 Å². The average molecular weight is 312 g/mol. The fraction of sp³-hybridized carbons (Fsp3) is 0.125. The van der Waals surface area contributed by atoms with Gasteiger partial charge in [0.15, 0.2) is 0 Å². The first kappa shape index (κ1) is 10.6. The standard InChI is InChI=1S/C8H7ClINO2/c1-13-8(12)5-2-4(10)3-6(11)7(5)9/h2-3H,11H2,1H3. The topological polar surface area (TPSA) is 52.3 Å². The third-order valence-corrected chi connectivity index (χ3v) is 2.52. The molecule has 0 saturated carbocycles. The molecule has 0 aliphatic rings. The molecule has 5 heteroatoms. The van der Waals surface area contributed by atoms with E-state index < -0.39 is 5.97 Å². The van der Waals surface area contributed by atoms with Crippen molar-refractivity contribution in [1.29, 1.82) is 0 Å². The number of nitrogen functional groups attached to an aromatic ring is 1. The Morgan fingerprint density at radius 1 is 1.62 bits per heavy atom. The molecule has 0 saturated heterocycles. The molecule has 2 N–H and O–H groups in total. The van der Waals surface area contributed by atoms with Crippen LogP contribution in [0.25, 0.3) is 0 Å². The molecule has 0 spiro atoms. The molecule has 0 aliphatic heterocycles. The van der Waals surface area contributed by atoms with Gasteiger partial charge in [-0.3, -0.25) is 0 Å². The van der Waals surface area contributed by atoms with Crippen molar-refractivity contribution < 1.29 is 9.53 Å². The van der Waals surface area contributed by atoms with E-state index in [-0.39, 0.29) is 5.02 Å². The van der Waals surface area contributed by atoms with E-state index in [9.17, 15) is 4.79 Å². The normalized spacial score (nSPS) is 9.77. The summed E-state index contributed by atoms with van der Waals surface area (Å²) in [5, 5.41) is 0.243. The molecule has 0 radical (unpaired) electrons. The van der Waals surface area contributed by atoms with Crippen molar-refractivity contribution in [1.82, 2.24) is 0 Å². The van der Waals surface area contributed by atoms with Crippen LogP contribution in [0.2, 0.25) is 5.02 Å². The van der Waals surface area contributed by atoms with E-state index in [1.54, 1.807) is 12.1 Å². The van der Waals surface area contributed by atoms with Crippen molar-refractivity contribution >= 4 is 45.8 Å². The molecule has 1 aromatic rings. The molecule has 0 fully saturated rings. The lowest BCUT2D eigenvalue weighted by molar-refractivity contribution is 0.0601. The van der Waals surface area contributed by atoms with E-state index in [2.05, 4.69) is 27.3 Å². The summed E-state index contributed by atoms with van der Waals surface area (Å²) in [6.07, 6.45) is 0. The summed E-state index contributed by atoms with van der Waals surface area (Å²) in [4.78, 5) is 11.2. The summed E-state index contributed by atoms with van der Waals surface area (Å²) in [5.74, 6) is -0.477. The van der Waals surface area contributed by atoms with Gasteiger partial charge in [-0.1, -0.05) is 11.6 Å². The van der Waals surface area contributed by atoms with Gasteiger partial charge < -0.3 is 10.5 Å². The Morgan fingerprint density at radius 2 is 2.23 bits per heavy atom. The van der Waals surface area contributed by atoms with Crippen LogP contribution in [-0.2, 0) is 4.74 Å². The molecular weight excluding hydrogens is 304 g/mol. The molecule has 0 bridgehead atoms. The number of methoxy groups -OCH3 is 1. The Bertz CT molecular complexity index is 354. The van der Waals surface area contributed by atoms with Gasteiger partial charge in [0.25, 0.3) is 0 Å². The van der Waals surface area contributed by atoms with Gasteiger partial charge in [-0.05, 0) is 34.7 Å². The predicted octanol–water partition coefficient (Wildman–Crippen LogP) is 2.31. The van der Waals surface area contributed by atoms with Gasteiger partial charge in [0.2, 0.25) is 0 Å². The Hall–Kier alpha value is -0.490. The number of benzene rings is 1. The second-order valence-electron chi connectivity index (χ2n) is 2.35. The van der Waals surface area contributed by atoms with Crippen LogP contribution >= 0.6 is 34.2 Å². The maximum Gasteiger partial charge on any atom is 0.339 e. The fourth-order valence-corrected chi connectivity index (χ4v) is 1.70. The Morgan fingerprint density at radius 3 is 2.77 bits per heavy atom. The smallest absolute Gasteiger partial charge is 0.339 e. The van der Waals surface area contributed by atoms with Crippen LogP contribution in [0, 0.1) is 3.57 Å². The van der Waals surface area contributed by atoms with E-state index in [1.165, 1.54) is 7.11 Å². The Labute approximate surface area is 94.3 Å². The molecule has 0 atom stereocenters. The van der Waals surface area contributed by atoms with Crippen LogP contribution in [0.1, 0.15) is 10.4 Å². The van der Waals surface area contributed by atoms with Crippen molar-refractivity contribution in [2.45, 2.75) is 0 Å². The molecule has 70 valence electrons. The van der Waals surface area contributed by atoms with E-state index in [4.69, 9.17) is 17.3 Å². The quantitative estimate of drug-likeness (QED) is 0.492. The fourth-order valence-electron chi connectivity index (χ4n) is 0.869. The number of ether oxygens (including phenoxy) is 1. The molecule has 0 amide bonds. The van der Waals surface area contributed by atoms with Crippen molar-refractivity contribution in [2.24, 2.45) is 0 Å². The number of carbonyl (C=O) groups excluding carboxylic acids is 1. The van der Waals surface area contributed by atoms with Gasteiger partial charge in [-0.15, -0.1) is 0 Å². The lowest BCUT2D eigenvalue weighted by Crippen LogP contribution is -2.04. The summed E-state index contributed by atoms with van der Waals surface area (Å²) < 4.78 is 5.39. The lowest BCUT2D eigenvalue weighted by atomic mass is 10.2. The third kappa shape index (κ3) is 2.25. The summed E-state index contributed by atoms with van der Waals surface area (Å²) in [6.45, 7) is 0. The van der Waals surface area contributed by atoms with Gasteiger partial charge in [0.1, 0.15) is 0 Å². The molecule has 0 aromatic heterocycles. The van der Waals surface area contributed by atoms with E-state index >= 15 is 0 Å². The molecule has 1 rings (SSSR count). The average Bonchev–Trinajstić information content (AvgIpc) is 2.10. The highest BCUT2D eigenvalue weighted by molar-refractivity contribution is 14.1. The minimum atomic E-state index is -0.477. The van der Waals surface area contributed by atoms with Crippen molar-refractivity contribution in [2.75, 3.05) is 12.8 Å². The van der Waals surface area contributed by atoms with Crippen LogP contribution in [0.3, 0.4) is 0 Å². The SMILES string of the molecule is COC(=O)c1cc(I)cc(N)c1Cl. The highest BCUT2D eigenvalue weighted by Gasteiger charge is 2.13. The predicted molar refractivity (Wildman–Crippen MR) is 59.9 cm³/mol.